The minimum Gasteiger partial charge on any atom is -0.497 e. The van der Waals surface area contributed by atoms with Crippen LogP contribution >= 0.6 is 15.9 Å². The van der Waals surface area contributed by atoms with Crippen molar-refractivity contribution in [2.24, 2.45) is 0 Å². The lowest BCUT2D eigenvalue weighted by Gasteiger charge is -2.34. The number of hydrogen-bond acceptors (Lipinski definition) is 4. The van der Waals surface area contributed by atoms with Crippen molar-refractivity contribution in [1.82, 2.24) is 10.2 Å². The molecule has 0 bridgehead atoms. The molecule has 0 radical (unpaired) electrons. The van der Waals surface area contributed by atoms with Crippen molar-refractivity contribution in [3.05, 3.63) is 94.5 Å². The minimum atomic E-state index is -0.661. The number of carbonyl (C=O) groups excluding carboxylic acids is 2. The fraction of sp³-hybridized carbons (Fsp3) is 0.355. The monoisotopic (exact) mass is 580 g/mol. The average Bonchev–Trinajstić information content (AvgIpc) is 2.88. The van der Waals surface area contributed by atoms with Gasteiger partial charge in [-0.15, -0.1) is 0 Å². The van der Waals surface area contributed by atoms with Gasteiger partial charge in [0.1, 0.15) is 17.5 Å². The molecule has 0 fully saturated rings. The Morgan fingerprint density at radius 2 is 1.58 bits per heavy atom. The number of amides is 2. The van der Waals surface area contributed by atoms with E-state index in [0.29, 0.717) is 26.0 Å². The Kier molecular flexibility index (Phi) is 10.8. The first kappa shape index (κ1) is 29.2. The van der Waals surface area contributed by atoms with Gasteiger partial charge in [0.2, 0.25) is 11.8 Å². The standard InChI is InChI=1S/C31H37BrN2O4/c1-31(2,3)33-30(36)28(21-23-10-6-5-7-11-23)34(22-24-12-8-13-25(32)20-24)29(35)14-9-19-38-27-17-15-26(37-4)16-18-27/h5-8,10-13,15-18,20,28H,9,14,19,21-22H2,1-4H3,(H,33,36)/t28-/m1/s1. The van der Waals surface area contributed by atoms with E-state index >= 15 is 0 Å². The van der Waals surface area contributed by atoms with E-state index in [1.807, 2.05) is 99.6 Å². The fourth-order valence-electron chi connectivity index (χ4n) is 4.07. The number of halogens is 1. The molecule has 0 unspecified atom stereocenters. The average molecular weight is 582 g/mol. The molecule has 1 atom stereocenters. The highest BCUT2D eigenvalue weighted by molar-refractivity contribution is 9.10. The molecule has 202 valence electrons. The van der Waals surface area contributed by atoms with Crippen molar-refractivity contribution < 1.29 is 19.1 Å². The molecule has 1 N–H and O–H groups in total. The highest BCUT2D eigenvalue weighted by atomic mass is 79.9. The molecule has 3 aromatic rings. The summed E-state index contributed by atoms with van der Waals surface area (Å²) in [6.07, 6.45) is 1.21. The normalized spacial score (nSPS) is 11.9. The van der Waals surface area contributed by atoms with E-state index in [2.05, 4.69) is 21.2 Å². The molecule has 0 saturated heterocycles. The van der Waals surface area contributed by atoms with E-state index in [9.17, 15) is 9.59 Å². The molecule has 38 heavy (non-hydrogen) atoms. The predicted molar refractivity (Wildman–Crippen MR) is 154 cm³/mol. The molecule has 3 aromatic carbocycles. The van der Waals surface area contributed by atoms with Crippen molar-refractivity contribution in [2.45, 2.75) is 58.2 Å². The molecular weight excluding hydrogens is 544 g/mol. The molecule has 0 aliphatic heterocycles. The van der Waals surface area contributed by atoms with Gasteiger partial charge in [0.05, 0.1) is 13.7 Å². The number of methoxy groups -OCH3 is 1. The first-order valence-electron chi connectivity index (χ1n) is 12.8. The number of nitrogens with one attached hydrogen (secondary N) is 1. The molecule has 0 saturated carbocycles. The highest BCUT2D eigenvalue weighted by Gasteiger charge is 2.32. The Bertz CT molecular complexity index is 1180. The van der Waals surface area contributed by atoms with Crippen molar-refractivity contribution in [3.8, 4) is 11.5 Å². The van der Waals surface area contributed by atoms with Crippen LogP contribution in [0, 0.1) is 0 Å². The van der Waals surface area contributed by atoms with Gasteiger partial charge in [0.15, 0.2) is 0 Å². The third-order valence-corrected chi connectivity index (χ3v) is 6.37. The van der Waals surface area contributed by atoms with Crippen LogP contribution in [0.1, 0.15) is 44.7 Å². The van der Waals surface area contributed by atoms with E-state index in [1.165, 1.54) is 0 Å². The Hall–Kier alpha value is -3.32. The molecule has 0 spiro atoms. The largest absolute Gasteiger partial charge is 0.497 e. The molecular formula is C31H37BrN2O4. The van der Waals surface area contributed by atoms with Gasteiger partial charge in [-0.25, -0.2) is 0 Å². The fourth-order valence-corrected chi connectivity index (χ4v) is 4.51. The SMILES string of the molecule is COc1ccc(OCCCC(=O)N(Cc2cccc(Br)c2)[C@H](Cc2ccccc2)C(=O)NC(C)(C)C)cc1. The van der Waals surface area contributed by atoms with Gasteiger partial charge in [-0.3, -0.25) is 9.59 Å². The maximum absolute atomic E-state index is 13.7. The molecule has 0 heterocycles. The Labute approximate surface area is 234 Å². The summed E-state index contributed by atoms with van der Waals surface area (Å²) < 4.78 is 11.9. The topological polar surface area (TPSA) is 67.9 Å². The number of rotatable bonds is 12. The first-order chi connectivity index (χ1) is 18.1. The number of benzene rings is 3. The lowest BCUT2D eigenvalue weighted by molar-refractivity contribution is -0.142. The third kappa shape index (κ3) is 9.53. The van der Waals surface area contributed by atoms with E-state index in [0.717, 1.165) is 27.1 Å². The van der Waals surface area contributed by atoms with Gasteiger partial charge >= 0.3 is 0 Å². The summed E-state index contributed by atoms with van der Waals surface area (Å²) in [5.41, 5.74) is 1.52. The van der Waals surface area contributed by atoms with Gasteiger partial charge in [0.25, 0.3) is 0 Å². The van der Waals surface area contributed by atoms with Gasteiger partial charge in [-0.05, 0) is 74.7 Å². The van der Waals surface area contributed by atoms with Gasteiger partial charge in [-0.1, -0.05) is 58.4 Å². The number of carbonyl (C=O) groups is 2. The van der Waals surface area contributed by atoms with Crippen LogP contribution in [0.4, 0.5) is 0 Å². The van der Waals surface area contributed by atoms with Crippen LogP contribution in [0.15, 0.2) is 83.3 Å². The van der Waals surface area contributed by atoms with E-state index in [-0.39, 0.29) is 18.2 Å². The number of nitrogens with zero attached hydrogens (tertiary/aromatic N) is 1. The second-order valence-corrected chi connectivity index (χ2v) is 11.1. The Morgan fingerprint density at radius 1 is 0.921 bits per heavy atom. The van der Waals surface area contributed by atoms with Crippen LogP contribution < -0.4 is 14.8 Å². The van der Waals surface area contributed by atoms with Crippen LogP contribution in [-0.4, -0.2) is 42.0 Å². The van der Waals surface area contributed by atoms with E-state index in [4.69, 9.17) is 9.47 Å². The van der Waals surface area contributed by atoms with Crippen LogP contribution in [0.25, 0.3) is 0 Å². The maximum atomic E-state index is 13.7. The summed E-state index contributed by atoms with van der Waals surface area (Å²) in [6, 6.07) is 24.3. The number of hydrogen-bond donors (Lipinski definition) is 1. The molecule has 0 aromatic heterocycles. The lowest BCUT2D eigenvalue weighted by Crippen LogP contribution is -2.54. The molecule has 0 aliphatic carbocycles. The van der Waals surface area contributed by atoms with Crippen molar-refractivity contribution in [1.29, 1.82) is 0 Å². The van der Waals surface area contributed by atoms with E-state index < -0.39 is 11.6 Å². The minimum absolute atomic E-state index is 0.0895. The molecule has 6 nitrogen and oxygen atoms in total. The van der Waals surface area contributed by atoms with Crippen molar-refractivity contribution in [2.75, 3.05) is 13.7 Å². The van der Waals surface area contributed by atoms with Crippen LogP contribution in [0.2, 0.25) is 0 Å². The smallest absolute Gasteiger partial charge is 0.243 e. The zero-order valence-electron chi connectivity index (χ0n) is 22.6. The second-order valence-electron chi connectivity index (χ2n) is 10.2. The molecule has 2 amide bonds. The van der Waals surface area contributed by atoms with Crippen LogP contribution in [0.5, 0.6) is 11.5 Å². The highest BCUT2D eigenvalue weighted by Crippen LogP contribution is 2.20. The summed E-state index contributed by atoms with van der Waals surface area (Å²) in [5, 5.41) is 3.09. The zero-order chi connectivity index (χ0) is 27.5. The first-order valence-corrected chi connectivity index (χ1v) is 13.6. The Balaban J connectivity index is 1.79. The van der Waals surface area contributed by atoms with Crippen LogP contribution in [0.3, 0.4) is 0 Å². The lowest BCUT2D eigenvalue weighted by atomic mass is 10.00. The zero-order valence-corrected chi connectivity index (χ0v) is 24.2. The second kappa shape index (κ2) is 14.0. The van der Waals surface area contributed by atoms with Gasteiger partial charge < -0.3 is 19.7 Å². The summed E-state index contributed by atoms with van der Waals surface area (Å²) in [6.45, 7) is 6.55. The van der Waals surface area contributed by atoms with Gasteiger partial charge in [-0.2, -0.15) is 0 Å². The quantitative estimate of drug-likeness (QED) is 0.260. The molecule has 0 aliphatic rings. The Morgan fingerprint density at radius 3 is 2.21 bits per heavy atom. The van der Waals surface area contributed by atoms with Gasteiger partial charge in [0, 0.05) is 29.4 Å². The maximum Gasteiger partial charge on any atom is 0.243 e. The summed E-state index contributed by atoms with van der Waals surface area (Å²) in [7, 11) is 1.62. The summed E-state index contributed by atoms with van der Waals surface area (Å²) >= 11 is 3.52. The van der Waals surface area contributed by atoms with Crippen molar-refractivity contribution >= 4 is 27.7 Å². The molecule has 3 rings (SSSR count). The third-order valence-electron chi connectivity index (χ3n) is 5.87. The predicted octanol–water partition coefficient (Wildman–Crippen LogP) is 6.17. The summed E-state index contributed by atoms with van der Waals surface area (Å²) in [4.78, 5) is 29.0. The molecule has 7 heteroatoms. The van der Waals surface area contributed by atoms with Crippen LogP contribution in [-0.2, 0) is 22.6 Å². The number of ether oxygens (including phenoxy) is 2. The van der Waals surface area contributed by atoms with Crippen molar-refractivity contribution in [3.63, 3.8) is 0 Å². The summed E-state index contributed by atoms with van der Waals surface area (Å²) in [5.74, 6) is 1.22. The van der Waals surface area contributed by atoms with E-state index in [1.54, 1.807) is 12.0 Å².